The second-order valence-electron chi connectivity index (χ2n) is 1.49. The fourth-order valence-corrected chi connectivity index (χ4v) is 9.06. The SMILES string of the molecule is CCC1S[SH]1(=O)I. The van der Waals surface area contributed by atoms with Crippen LogP contribution in [0.3, 0.4) is 0 Å². The van der Waals surface area contributed by atoms with Gasteiger partial charge in [0.05, 0.1) is 4.58 Å². The van der Waals surface area contributed by atoms with E-state index in [9.17, 15) is 4.21 Å². The fraction of sp³-hybridized carbons (Fsp3) is 1.00. The summed E-state index contributed by atoms with van der Waals surface area (Å²) in [5, 5.41) is 0. The van der Waals surface area contributed by atoms with Crippen molar-refractivity contribution in [1.82, 2.24) is 0 Å². The second-order valence-corrected chi connectivity index (χ2v) is 12.8. The van der Waals surface area contributed by atoms with Crippen molar-refractivity contribution in [2.75, 3.05) is 0 Å². The molecule has 0 bridgehead atoms. The molecule has 0 aliphatic carbocycles. The normalized spacial score (nSPS) is 40.0. The van der Waals surface area contributed by atoms with Gasteiger partial charge in [0.2, 0.25) is 0 Å². The van der Waals surface area contributed by atoms with Gasteiger partial charge in [-0.3, -0.25) is 4.21 Å². The lowest BCUT2D eigenvalue weighted by atomic mass is 10.6. The number of hydrogen-bond donors (Lipinski definition) is 1. The summed E-state index contributed by atoms with van der Waals surface area (Å²) in [5.41, 5.74) is 0. The summed E-state index contributed by atoms with van der Waals surface area (Å²) in [6, 6.07) is 0. The first-order valence-corrected chi connectivity index (χ1v) is 8.19. The Morgan fingerprint density at radius 2 is 2.43 bits per heavy atom. The van der Waals surface area contributed by atoms with Gasteiger partial charge in [-0.15, -0.1) is 0 Å². The van der Waals surface area contributed by atoms with Crippen molar-refractivity contribution >= 4 is 38.1 Å². The molecule has 0 radical (unpaired) electrons. The lowest BCUT2D eigenvalue weighted by molar-refractivity contribution is 0.691. The molecule has 0 spiro atoms. The molecule has 0 saturated carbocycles. The van der Waals surface area contributed by atoms with E-state index >= 15 is 0 Å². The number of hydrogen-bond acceptors (Lipinski definition) is 2. The average Bonchev–Trinajstić information content (AvgIpc) is 2.13. The predicted octanol–water partition coefficient (Wildman–Crippen LogP) is 1.75. The Morgan fingerprint density at radius 3 is 2.43 bits per heavy atom. The van der Waals surface area contributed by atoms with Crippen molar-refractivity contribution in [3.63, 3.8) is 0 Å². The summed E-state index contributed by atoms with van der Waals surface area (Å²) in [6.45, 7) is 2.08. The molecule has 0 aromatic rings. The average molecular weight is 250 g/mol. The lowest BCUT2D eigenvalue weighted by Gasteiger charge is -1.81. The Kier molecular flexibility index (Phi) is 1.70. The minimum atomic E-state index is -1.61. The maximum atomic E-state index is 10.8. The van der Waals surface area contributed by atoms with Crippen LogP contribution in [0.2, 0.25) is 0 Å². The number of rotatable bonds is 1. The Labute approximate surface area is 60.0 Å². The van der Waals surface area contributed by atoms with Crippen LogP contribution in [0.25, 0.3) is 0 Å². The number of thiol groups is 1. The van der Waals surface area contributed by atoms with E-state index < -0.39 is 6.14 Å². The molecule has 1 aliphatic rings. The van der Waals surface area contributed by atoms with Crippen LogP contribution < -0.4 is 0 Å². The monoisotopic (exact) mass is 250 g/mol. The van der Waals surface area contributed by atoms with Crippen molar-refractivity contribution in [2.24, 2.45) is 0 Å². The Hall–Kier alpha value is 1.23. The largest absolute Gasteiger partial charge is 0.264 e. The summed E-state index contributed by atoms with van der Waals surface area (Å²) < 4.78 is 11.3. The molecule has 0 aromatic heterocycles. The van der Waals surface area contributed by atoms with Gasteiger partial charge < -0.3 is 0 Å². The Balaban J connectivity index is 2.45. The van der Waals surface area contributed by atoms with E-state index in [0.29, 0.717) is 4.58 Å². The molecule has 1 nitrogen and oxygen atoms in total. The zero-order valence-electron chi connectivity index (χ0n) is 3.93. The molecule has 44 valence electrons. The topological polar surface area (TPSA) is 17.1 Å². The molecular weight excluding hydrogens is 243 g/mol. The first-order chi connectivity index (χ1) is 3.17. The quantitative estimate of drug-likeness (QED) is 0.251. The molecule has 0 N–H and O–H groups in total. The molecule has 1 atom stereocenters. The highest BCUT2D eigenvalue weighted by Crippen LogP contribution is 2.58. The highest BCUT2D eigenvalue weighted by Gasteiger charge is 2.41. The summed E-state index contributed by atoms with van der Waals surface area (Å²) in [4.78, 5) is 0. The van der Waals surface area contributed by atoms with Crippen LogP contribution in [0.5, 0.6) is 0 Å². The van der Waals surface area contributed by atoms with Gasteiger partial charge in [-0.25, -0.2) is 0 Å². The molecule has 0 aromatic carbocycles. The zero-order valence-corrected chi connectivity index (χ0v) is 7.79. The Morgan fingerprint density at radius 1 is 2.00 bits per heavy atom. The van der Waals surface area contributed by atoms with E-state index in [0.717, 1.165) is 6.42 Å². The van der Waals surface area contributed by atoms with Crippen molar-refractivity contribution < 1.29 is 4.21 Å². The summed E-state index contributed by atoms with van der Waals surface area (Å²) in [7, 11) is 1.64. The van der Waals surface area contributed by atoms with E-state index in [2.05, 4.69) is 28.1 Å². The molecule has 1 heterocycles. The molecular formula is C3H7IOS2. The van der Waals surface area contributed by atoms with Gasteiger partial charge in [-0.05, 0) is 12.6 Å². The molecule has 1 rings (SSSR count). The second kappa shape index (κ2) is 1.88. The van der Waals surface area contributed by atoms with E-state index in [1.54, 1.807) is 10.8 Å². The first-order valence-electron chi connectivity index (χ1n) is 2.14. The van der Waals surface area contributed by atoms with Crippen LogP contribution in [0, 0.1) is 0 Å². The Bertz CT molecular complexity index is 124. The molecule has 1 saturated heterocycles. The minimum Gasteiger partial charge on any atom is -0.264 e. The van der Waals surface area contributed by atoms with Gasteiger partial charge in [-0.2, -0.15) is 0 Å². The van der Waals surface area contributed by atoms with E-state index in [-0.39, 0.29) is 0 Å². The minimum absolute atomic E-state index is 0.507. The smallest absolute Gasteiger partial charge is 0.0859 e. The third-order valence-electron chi connectivity index (χ3n) is 0.913. The zero-order chi connectivity index (χ0) is 5.49. The summed E-state index contributed by atoms with van der Waals surface area (Å²) in [5.74, 6) is 0. The van der Waals surface area contributed by atoms with Gasteiger partial charge in [0.15, 0.2) is 0 Å². The highest BCUT2D eigenvalue weighted by atomic mass is 127. The third-order valence-corrected chi connectivity index (χ3v) is 10.5. The van der Waals surface area contributed by atoms with Crippen LogP contribution in [0.4, 0.5) is 0 Å². The van der Waals surface area contributed by atoms with Gasteiger partial charge >= 0.3 is 0 Å². The van der Waals surface area contributed by atoms with Crippen LogP contribution in [0.1, 0.15) is 13.3 Å². The first kappa shape index (κ1) is 6.35. The van der Waals surface area contributed by atoms with Crippen LogP contribution in [0.15, 0.2) is 0 Å². The van der Waals surface area contributed by atoms with Crippen LogP contribution in [-0.2, 0) is 6.14 Å². The standard InChI is InChI=1S/C3H7IOS2/c1-2-3-6-7(3,4)5/h3,7H,2H2,1H3. The van der Waals surface area contributed by atoms with Gasteiger partial charge in [0.25, 0.3) is 0 Å². The molecule has 0 amide bonds. The molecule has 1 fully saturated rings. The van der Waals surface area contributed by atoms with Crippen LogP contribution in [-0.4, -0.2) is 8.79 Å². The van der Waals surface area contributed by atoms with Crippen molar-refractivity contribution in [2.45, 2.75) is 17.9 Å². The maximum absolute atomic E-state index is 10.8. The maximum Gasteiger partial charge on any atom is 0.0859 e. The molecule has 7 heavy (non-hydrogen) atoms. The molecule has 1 aliphatic heterocycles. The fourth-order valence-electron chi connectivity index (χ4n) is 0.431. The molecule has 1 unspecified atom stereocenters. The predicted molar refractivity (Wildman–Crippen MR) is 45.2 cm³/mol. The van der Waals surface area contributed by atoms with Crippen molar-refractivity contribution in [3.05, 3.63) is 0 Å². The summed E-state index contributed by atoms with van der Waals surface area (Å²) in [6.07, 6.45) is -0.538. The lowest BCUT2D eigenvalue weighted by Crippen LogP contribution is -1.81. The van der Waals surface area contributed by atoms with Gasteiger partial charge in [0.1, 0.15) is 0 Å². The van der Waals surface area contributed by atoms with Crippen molar-refractivity contribution in [1.29, 1.82) is 0 Å². The van der Waals surface area contributed by atoms with Gasteiger partial charge in [-0.1, -0.05) is 17.7 Å². The van der Waals surface area contributed by atoms with E-state index in [1.165, 1.54) is 0 Å². The highest BCUT2D eigenvalue weighted by molar-refractivity contribution is 14.2. The molecule has 4 heteroatoms. The third kappa shape index (κ3) is 1.32. The van der Waals surface area contributed by atoms with Crippen molar-refractivity contribution in [3.8, 4) is 0 Å². The van der Waals surface area contributed by atoms with E-state index in [4.69, 9.17) is 0 Å². The van der Waals surface area contributed by atoms with E-state index in [1.807, 2.05) is 0 Å². The van der Waals surface area contributed by atoms with Crippen LogP contribution >= 0.6 is 32.0 Å². The number of halogens is 1. The summed E-state index contributed by atoms with van der Waals surface area (Å²) >= 11 is 2.07. The van der Waals surface area contributed by atoms with Gasteiger partial charge in [0, 0.05) is 21.2 Å².